The van der Waals surface area contributed by atoms with Gasteiger partial charge in [-0.25, -0.2) is 4.79 Å². The molecule has 1 aliphatic rings. The van der Waals surface area contributed by atoms with Crippen molar-refractivity contribution in [1.29, 1.82) is 5.41 Å². The summed E-state index contributed by atoms with van der Waals surface area (Å²) in [6.45, 7) is 0.608. The van der Waals surface area contributed by atoms with Gasteiger partial charge in [0.15, 0.2) is 6.10 Å². The number of nitrogens with zero attached hydrogens (tertiary/aromatic N) is 1. The standard InChI is InChI=1S/C24H22ClN3O3/c25-19-8-11-22(18(13-19)12-16-4-2-1-3-5-16)30-15-21-14-28(24(29)31-21)20-9-6-17(7-10-20)23(26)27/h1-11,13,21H,12,14-15H2,(H3,26,27). The highest BCUT2D eigenvalue weighted by Gasteiger charge is 2.33. The number of nitrogen functional groups attached to an aromatic ring is 1. The number of anilines is 1. The predicted molar refractivity (Wildman–Crippen MR) is 121 cm³/mol. The number of carbonyl (C=O) groups excluding carboxylic acids is 1. The molecule has 3 aromatic carbocycles. The molecular formula is C24H22ClN3O3. The highest BCUT2D eigenvalue weighted by Crippen LogP contribution is 2.27. The fraction of sp³-hybridized carbons (Fsp3) is 0.167. The minimum absolute atomic E-state index is 0.0175. The van der Waals surface area contributed by atoms with E-state index in [-0.39, 0.29) is 12.4 Å². The van der Waals surface area contributed by atoms with Crippen molar-refractivity contribution in [2.75, 3.05) is 18.1 Å². The third-order valence-electron chi connectivity index (χ3n) is 5.05. The zero-order chi connectivity index (χ0) is 21.8. The van der Waals surface area contributed by atoms with Crippen LogP contribution in [-0.4, -0.2) is 31.2 Å². The minimum Gasteiger partial charge on any atom is -0.489 e. The molecule has 1 atom stereocenters. The fourth-order valence-corrected chi connectivity index (χ4v) is 3.66. The van der Waals surface area contributed by atoms with Crippen molar-refractivity contribution in [2.45, 2.75) is 12.5 Å². The second-order valence-electron chi connectivity index (χ2n) is 7.30. The van der Waals surface area contributed by atoms with Crippen molar-refractivity contribution in [3.05, 3.63) is 94.5 Å². The van der Waals surface area contributed by atoms with Crippen LogP contribution in [0.15, 0.2) is 72.8 Å². The Morgan fingerprint density at radius 2 is 1.87 bits per heavy atom. The van der Waals surface area contributed by atoms with E-state index in [0.29, 0.717) is 35.0 Å². The fourth-order valence-electron chi connectivity index (χ4n) is 3.47. The molecule has 1 saturated heterocycles. The van der Waals surface area contributed by atoms with Gasteiger partial charge >= 0.3 is 6.09 Å². The van der Waals surface area contributed by atoms with Crippen LogP contribution < -0.4 is 15.4 Å². The second-order valence-corrected chi connectivity index (χ2v) is 7.74. The summed E-state index contributed by atoms with van der Waals surface area (Å²) in [6, 6.07) is 22.5. The highest BCUT2D eigenvalue weighted by atomic mass is 35.5. The van der Waals surface area contributed by atoms with E-state index in [1.807, 2.05) is 30.3 Å². The summed E-state index contributed by atoms with van der Waals surface area (Å²) in [7, 11) is 0. The lowest BCUT2D eigenvalue weighted by Gasteiger charge is -2.15. The van der Waals surface area contributed by atoms with Crippen molar-refractivity contribution in [3.8, 4) is 5.75 Å². The summed E-state index contributed by atoms with van der Waals surface area (Å²) < 4.78 is 11.5. The van der Waals surface area contributed by atoms with Crippen LogP contribution in [-0.2, 0) is 11.2 Å². The van der Waals surface area contributed by atoms with E-state index in [4.69, 9.17) is 32.2 Å². The average molecular weight is 436 g/mol. The van der Waals surface area contributed by atoms with E-state index in [1.165, 1.54) is 0 Å². The number of halogens is 1. The SMILES string of the molecule is N=C(N)c1ccc(N2CC(COc3ccc(Cl)cc3Cc3ccccc3)OC2=O)cc1. The molecule has 1 fully saturated rings. The van der Waals surface area contributed by atoms with Gasteiger partial charge < -0.3 is 15.2 Å². The number of carbonyl (C=O) groups is 1. The van der Waals surface area contributed by atoms with E-state index in [0.717, 1.165) is 11.1 Å². The van der Waals surface area contributed by atoms with Gasteiger partial charge in [0.1, 0.15) is 18.2 Å². The van der Waals surface area contributed by atoms with Crippen LogP contribution in [0, 0.1) is 5.41 Å². The van der Waals surface area contributed by atoms with Gasteiger partial charge in [-0.2, -0.15) is 0 Å². The molecule has 0 aromatic heterocycles. The lowest BCUT2D eigenvalue weighted by Crippen LogP contribution is -2.26. The zero-order valence-corrected chi connectivity index (χ0v) is 17.5. The number of ether oxygens (including phenoxy) is 2. The Morgan fingerprint density at radius 1 is 1.13 bits per heavy atom. The maximum absolute atomic E-state index is 12.3. The maximum Gasteiger partial charge on any atom is 0.414 e. The Kier molecular flexibility index (Phi) is 6.09. The Bertz CT molecular complexity index is 1090. The number of cyclic esters (lactones) is 1. The Labute approximate surface area is 185 Å². The first-order valence-corrected chi connectivity index (χ1v) is 10.2. The van der Waals surface area contributed by atoms with Crippen molar-refractivity contribution >= 4 is 29.2 Å². The number of amidine groups is 1. The summed E-state index contributed by atoms with van der Waals surface area (Å²) in [5.74, 6) is 0.699. The van der Waals surface area contributed by atoms with E-state index in [2.05, 4.69) is 12.1 Å². The van der Waals surface area contributed by atoms with E-state index in [9.17, 15) is 4.79 Å². The molecule has 0 bridgehead atoms. The van der Waals surface area contributed by atoms with Gasteiger partial charge in [0.25, 0.3) is 0 Å². The van der Waals surface area contributed by atoms with Gasteiger partial charge in [-0.3, -0.25) is 10.3 Å². The number of nitrogens with two attached hydrogens (primary N) is 1. The minimum atomic E-state index is -0.426. The Morgan fingerprint density at radius 3 is 2.58 bits per heavy atom. The summed E-state index contributed by atoms with van der Waals surface area (Å²) in [6.07, 6.45) is -0.138. The van der Waals surface area contributed by atoms with Gasteiger partial charge in [-0.05, 0) is 53.6 Å². The molecule has 3 N–H and O–H groups in total. The predicted octanol–water partition coefficient (Wildman–Crippen LogP) is 4.62. The van der Waals surface area contributed by atoms with Crippen molar-refractivity contribution < 1.29 is 14.3 Å². The molecule has 6 nitrogen and oxygen atoms in total. The second kappa shape index (κ2) is 9.10. The number of rotatable bonds is 7. The van der Waals surface area contributed by atoms with Crippen LogP contribution in [0.25, 0.3) is 0 Å². The highest BCUT2D eigenvalue weighted by molar-refractivity contribution is 6.30. The third-order valence-corrected chi connectivity index (χ3v) is 5.28. The lowest BCUT2D eigenvalue weighted by molar-refractivity contribution is 0.105. The number of hydrogen-bond donors (Lipinski definition) is 2. The van der Waals surface area contributed by atoms with Crippen LogP contribution in [0.4, 0.5) is 10.5 Å². The topological polar surface area (TPSA) is 88.6 Å². The van der Waals surface area contributed by atoms with E-state index >= 15 is 0 Å². The molecule has 1 unspecified atom stereocenters. The molecule has 0 spiro atoms. The molecule has 0 saturated carbocycles. The molecule has 1 amide bonds. The Balaban J connectivity index is 1.42. The first kappa shape index (κ1) is 20.8. The molecule has 0 radical (unpaired) electrons. The molecule has 4 rings (SSSR count). The first-order chi connectivity index (χ1) is 15.0. The summed E-state index contributed by atoms with van der Waals surface area (Å²) >= 11 is 6.19. The molecule has 7 heteroatoms. The number of benzene rings is 3. The Hall–Kier alpha value is -3.51. The quantitative estimate of drug-likeness (QED) is 0.418. The molecule has 1 heterocycles. The molecular weight excluding hydrogens is 414 g/mol. The van der Waals surface area contributed by atoms with Crippen LogP contribution in [0.3, 0.4) is 0 Å². The average Bonchev–Trinajstić information content (AvgIpc) is 3.14. The smallest absolute Gasteiger partial charge is 0.414 e. The molecule has 31 heavy (non-hydrogen) atoms. The zero-order valence-electron chi connectivity index (χ0n) is 16.8. The monoisotopic (exact) mass is 435 g/mol. The first-order valence-electron chi connectivity index (χ1n) is 9.87. The molecule has 0 aliphatic carbocycles. The van der Waals surface area contributed by atoms with Crippen LogP contribution in [0.5, 0.6) is 5.75 Å². The molecule has 3 aromatic rings. The van der Waals surface area contributed by atoms with Crippen molar-refractivity contribution in [1.82, 2.24) is 0 Å². The summed E-state index contributed by atoms with van der Waals surface area (Å²) in [5.41, 5.74) is 8.90. The lowest BCUT2D eigenvalue weighted by atomic mass is 10.0. The van der Waals surface area contributed by atoms with Gasteiger partial charge in [0.2, 0.25) is 0 Å². The molecule has 1 aliphatic heterocycles. The van der Waals surface area contributed by atoms with Gasteiger partial charge in [0, 0.05) is 22.7 Å². The summed E-state index contributed by atoms with van der Waals surface area (Å²) in [4.78, 5) is 13.9. The molecule has 158 valence electrons. The van der Waals surface area contributed by atoms with Gasteiger partial charge in [-0.1, -0.05) is 41.9 Å². The maximum atomic E-state index is 12.3. The summed E-state index contributed by atoms with van der Waals surface area (Å²) in [5, 5.41) is 8.12. The number of amides is 1. The normalized spacial score (nSPS) is 15.6. The number of hydrogen-bond acceptors (Lipinski definition) is 4. The third kappa shape index (κ3) is 4.98. The van der Waals surface area contributed by atoms with Crippen molar-refractivity contribution in [2.24, 2.45) is 5.73 Å². The van der Waals surface area contributed by atoms with Crippen molar-refractivity contribution in [3.63, 3.8) is 0 Å². The van der Waals surface area contributed by atoms with E-state index < -0.39 is 12.2 Å². The number of nitrogens with one attached hydrogen (secondary N) is 1. The van der Waals surface area contributed by atoms with Gasteiger partial charge in [0.05, 0.1) is 6.54 Å². The van der Waals surface area contributed by atoms with Crippen LogP contribution in [0.2, 0.25) is 5.02 Å². The van der Waals surface area contributed by atoms with Crippen LogP contribution in [0.1, 0.15) is 16.7 Å². The van der Waals surface area contributed by atoms with Gasteiger partial charge in [-0.15, -0.1) is 0 Å². The van der Waals surface area contributed by atoms with Crippen LogP contribution >= 0.6 is 11.6 Å². The van der Waals surface area contributed by atoms with E-state index in [1.54, 1.807) is 35.2 Å². The largest absolute Gasteiger partial charge is 0.489 e.